The molecule has 1 heterocycles. The molecule has 0 unspecified atom stereocenters. The summed E-state index contributed by atoms with van der Waals surface area (Å²) in [6.45, 7) is 4.47. The molecule has 4 nitrogen and oxygen atoms in total. The van der Waals surface area contributed by atoms with Crippen molar-refractivity contribution in [3.63, 3.8) is 0 Å². The van der Waals surface area contributed by atoms with E-state index in [2.05, 4.69) is 27.3 Å². The predicted octanol–water partition coefficient (Wildman–Crippen LogP) is 5.64. The summed E-state index contributed by atoms with van der Waals surface area (Å²) in [4.78, 5) is 11.1. The van der Waals surface area contributed by atoms with Crippen molar-refractivity contribution in [1.29, 1.82) is 0 Å². The molecule has 3 aromatic rings. The van der Waals surface area contributed by atoms with Gasteiger partial charge in [-0.1, -0.05) is 22.0 Å². The van der Waals surface area contributed by atoms with Gasteiger partial charge in [0.15, 0.2) is 0 Å². The molecule has 0 radical (unpaired) electrons. The zero-order chi connectivity index (χ0) is 18.0. The van der Waals surface area contributed by atoms with Gasteiger partial charge < -0.3 is 14.8 Å². The standard InChI is InChI=1S/C20H18BrNO3/c1-12-3-4-14(20(23)24)10-18(12)22-11-16-6-8-19(25-16)17-7-5-15(21)9-13(17)2/h3-10,22H,11H2,1-2H3,(H,23,24). The number of nitrogens with one attached hydrogen (secondary N) is 1. The van der Waals surface area contributed by atoms with Crippen LogP contribution in [0.2, 0.25) is 0 Å². The summed E-state index contributed by atoms with van der Waals surface area (Å²) in [6, 6.07) is 15.0. The summed E-state index contributed by atoms with van der Waals surface area (Å²) in [7, 11) is 0. The first-order valence-electron chi connectivity index (χ1n) is 7.87. The lowest BCUT2D eigenvalue weighted by atomic mass is 10.1. The minimum absolute atomic E-state index is 0.263. The number of aryl methyl sites for hydroxylation is 2. The van der Waals surface area contributed by atoms with Gasteiger partial charge in [-0.05, 0) is 67.4 Å². The average Bonchev–Trinajstić information content (AvgIpc) is 3.02. The van der Waals surface area contributed by atoms with Crippen LogP contribution in [0.15, 0.2) is 57.4 Å². The van der Waals surface area contributed by atoms with E-state index >= 15 is 0 Å². The van der Waals surface area contributed by atoms with Crippen LogP contribution in [0.5, 0.6) is 0 Å². The van der Waals surface area contributed by atoms with Gasteiger partial charge in [-0.25, -0.2) is 4.79 Å². The Morgan fingerprint density at radius 1 is 1.08 bits per heavy atom. The number of aromatic carboxylic acids is 1. The van der Waals surface area contributed by atoms with Gasteiger partial charge in [0, 0.05) is 15.7 Å². The minimum Gasteiger partial charge on any atom is -0.478 e. The Kier molecular flexibility index (Phi) is 4.95. The molecular formula is C20H18BrNO3. The van der Waals surface area contributed by atoms with E-state index in [9.17, 15) is 4.79 Å². The fourth-order valence-electron chi connectivity index (χ4n) is 2.65. The zero-order valence-corrected chi connectivity index (χ0v) is 15.6. The second kappa shape index (κ2) is 7.15. The maximum absolute atomic E-state index is 11.1. The Balaban J connectivity index is 1.76. The maximum Gasteiger partial charge on any atom is 0.335 e. The molecule has 1 aromatic heterocycles. The van der Waals surface area contributed by atoms with E-state index in [1.165, 1.54) is 0 Å². The van der Waals surface area contributed by atoms with Crippen molar-refractivity contribution in [1.82, 2.24) is 0 Å². The number of furan rings is 1. The van der Waals surface area contributed by atoms with Crippen molar-refractivity contribution in [2.24, 2.45) is 0 Å². The third kappa shape index (κ3) is 3.94. The number of hydrogen-bond donors (Lipinski definition) is 2. The SMILES string of the molecule is Cc1ccc(C(=O)O)cc1NCc1ccc(-c2ccc(Br)cc2C)o1. The first-order valence-corrected chi connectivity index (χ1v) is 8.66. The smallest absolute Gasteiger partial charge is 0.335 e. The largest absolute Gasteiger partial charge is 0.478 e. The van der Waals surface area contributed by atoms with Crippen molar-refractivity contribution in [3.05, 3.63) is 75.5 Å². The number of carbonyl (C=O) groups is 1. The molecule has 5 heteroatoms. The highest BCUT2D eigenvalue weighted by atomic mass is 79.9. The molecule has 2 N–H and O–H groups in total. The van der Waals surface area contributed by atoms with Crippen molar-refractivity contribution < 1.29 is 14.3 Å². The molecule has 0 aliphatic heterocycles. The highest BCUT2D eigenvalue weighted by molar-refractivity contribution is 9.10. The Morgan fingerprint density at radius 3 is 2.60 bits per heavy atom. The van der Waals surface area contributed by atoms with Crippen LogP contribution in [0.25, 0.3) is 11.3 Å². The van der Waals surface area contributed by atoms with Gasteiger partial charge in [-0.3, -0.25) is 0 Å². The van der Waals surface area contributed by atoms with E-state index in [1.807, 2.05) is 38.1 Å². The minimum atomic E-state index is -0.936. The summed E-state index contributed by atoms with van der Waals surface area (Å²) >= 11 is 3.47. The summed E-state index contributed by atoms with van der Waals surface area (Å²) in [5.41, 5.74) is 4.23. The molecule has 2 aromatic carbocycles. The monoisotopic (exact) mass is 399 g/mol. The fraction of sp³-hybridized carbons (Fsp3) is 0.150. The van der Waals surface area contributed by atoms with Crippen LogP contribution in [-0.4, -0.2) is 11.1 Å². The number of halogens is 1. The first-order chi connectivity index (χ1) is 11.9. The van der Waals surface area contributed by atoms with Crippen LogP contribution in [0.1, 0.15) is 27.2 Å². The number of carboxylic acid groups (broad SMARTS) is 1. The van der Waals surface area contributed by atoms with Crippen LogP contribution < -0.4 is 5.32 Å². The Labute approximate surface area is 154 Å². The summed E-state index contributed by atoms with van der Waals surface area (Å²) in [5, 5.41) is 12.4. The van der Waals surface area contributed by atoms with Crippen LogP contribution in [0, 0.1) is 13.8 Å². The lowest BCUT2D eigenvalue weighted by Gasteiger charge is -2.09. The molecule has 0 fully saturated rings. The van der Waals surface area contributed by atoms with Gasteiger partial charge in [0.25, 0.3) is 0 Å². The number of anilines is 1. The highest BCUT2D eigenvalue weighted by Gasteiger charge is 2.10. The van der Waals surface area contributed by atoms with Crippen LogP contribution in [0.3, 0.4) is 0 Å². The van der Waals surface area contributed by atoms with E-state index in [0.29, 0.717) is 6.54 Å². The molecule has 0 atom stereocenters. The van der Waals surface area contributed by atoms with Gasteiger partial charge in [-0.2, -0.15) is 0 Å². The molecule has 25 heavy (non-hydrogen) atoms. The topological polar surface area (TPSA) is 62.5 Å². The van der Waals surface area contributed by atoms with E-state index in [-0.39, 0.29) is 5.56 Å². The molecule has 128 valence electrons. The quantitative estimate of drug-likeness (QED) is 0.582. The normalized spacial score (nSPS) is 10.7. The molecule has 0 spiro atoms. The highest BCUT2D eigenvalue weighted by Crippen LogP contribution is 2.28. The summed E-state index contributed by atoms with van der Waals surface area (Å²) in [6.07, 6.45) is 0. The number of benzene rings is 2. The van der Waals surface area contributed by atoms with Crippen molar-refractivity contribution in [2.75, 3.05) is 5.32 Å². The van der Waals surface area contributed by atoms with E-state index in [0.717, 1.165) is 38.4 Å². The van der Waals surface area contributed by atoms with Gasteiger partial charge in [-0.15, -0.1) is 0 Å². The number of carboxylic acids is 1. The molecule has 0 aliphatic carbocycles. The maximum atomic E-state index is 11.1. The van der Waals surface area contributed by atoms with E-state index < -0.39 is 5.97 Å². The first kappa shape index (κ1) is 17.3. The number of rotatable bonds is 5. The van der Waals surface area contributed by atoms with Crippen LogP contribution in [-0.2, 0) is 6.54 Å². The third-order valence-corrected chi connectivity index (χ3v) is 4.55. The molecule has 0 amide bonds. The lowest BCUT2D eigenvalue weighted by Crippen LogP contribution is -2.03. The molecule has 0 aliphatic rings. The molecule has 3 rings (SSSR count). The second-order valence-electron chi connectivity index (χ2n) is 5.91. The second-order valence-corrected chi connectivity index (χ2v) is 6.83. The third-order valence-electron chi connectivity index (χ3n) is 4.05. The molecule has 0 saturated carbocycles. The van der Waals surface area contributed by atoms with Gasteiger partial charge in [0.05, 0.1) is 12.1 Å². The Hall–Kier alpha value is -2.53. The van der Waals surface area contributed by atoms with Crippen LogP contribution in [0.4, 0.5) is 5.69 Å². The van der Waals surface area contributed by atoms with Crippen LogP contribution >= 0.6 is 15.9 Å². The average molecular weight is 400 g/mol. The van der Waals surface area contributed by atoms with Gasteiger partial charge >= 0.3 is 5.97 Å². The molecule has 0 saturated heterocycles. The van der Waals surface area contributed by atoms with Crippen molar-refractivity contribution in [2.45, 2.75) is 20.4 Å². The van der Waals surface area contributed by atoms with Crippen molar-refractivity contribution >= 4 is 27.6 Å². The fourth-order valence-corrected chi connectivity index (χ4v) is 3.12. The van der Waals surface area contributed by atoms with Gasteiger partial charge in [0.1, 0.15) is 11.5 Å². The zero-order valence-electron chi connectivity index (χ0n) is 14.0. The van der Waals surface area contributed by atoms with Crippen molar-refractivity contribution in [3.8, 4) is 11.3 Å². The number of hydrogen-bond acceptors (Lipinski definition) is 3. The summed E-state index contributed by atoms with van der Waals surface area (Å²) < 4.78 is 6.97. The summed E-state index contributed by atoms with van der Waals surface area (Å²) in [5.74, 6) is 0.671. The lowest BCUT2D eigenvalue weighted by molar-refractivity contribution is 0.0697. The van der Waals surface area contributed by atoms with E-state index in [4.69, 9.17) is 9.52 Å². The molecule has 0 bridgehead atoms. The Bertz CT molecular complexity index is 930. The van der Waals surface area contributed by atoms with Gasteiger partial charge in [0.2, 0.25) is 0 Å². The molecular weight excluding hydrogens is 382 g/mol. The van der Waals surface area contributed by atoms with E-state index in [1.54, 1.807) is 18.2 Å². The predicted molar refractivity (Wildman–Crippen MR) is 102 cm³/mol. The Morgan fingerprint density at radius 2 is 1.88 bits per heavy atom.